The molecule has 1 aliphatic carbocycles. The van der Waals surface area contributed by atoms with Crippen LogP contribution in [0, 0.1) is 0 Å². The van der Waals surface area contributed by atoms with Gasteiger partial charge in [0.2, 0.25) is 0 Å². The van der Waals surface area contributed by atoms with E-state index >= 15 is 0 Å². The molecule has 2 aromatic heterocycles. The van der Waals surface area contributed by atoms with Gasteiger partial charge in [-0.15, -0.1) is 22.7 Å². The smallest absolute Gasteiger partial charge is 0.0931 e. The van der Waals surface area contributed by atoms with Gasteiger partial charge in [0.05, 0.1) is 16.5 Å². The molecule has 0 radical (unpaired) electrons. The van der Waals surface area contributed by atoms with E-state index in [0.29, 0.717) is 12.1 Å². The minimum Gasteiger partial charge on any atom is -0.381 e. The molecule has 1 fully saturated rings. The first-order chi connectivity index (χ1) is 9.26. The summed E-state index contributed by atoms with van der Waals surface area (Å²) in [4.78, 5) is 2.63. The van der Waals surface area contributed by atoms with Gasteiger partial charge in [-0.25, -0.2) is 0 Å². The highest BCUT2D eigenvalue weighted by atomic mass is 35.5. The molecule has 1 atom stereocenters. The molecule has 2 aromatic rings. The maximum absolute atomic E-state index is 6.07. The second-order valence-corrected chi connectivity index (χ2v) is 7.51. The molecular weight excluding hydrogens is 298 g/mol. The number of methoxy groups -OCH3 is 1. The van der Waals surface area contributed by atoms with Gasteiger partial charge < -0.3 is 10.1 Å². The summed E-state index contributed by atoms with van der Waals surface area (Å²) in [5.41, 5.74) is 0. The Labute approximate surface area is 126 Å². The molecule has 5 heteroatoms. The Morgan fingerprint density at radius 3 is 2.74 bits per heavy atom. The lowest BCUT2D eigenvalue weighted by molar-refractivity contribution is 0.0155. The van der Waals surface area contributed by atoms with Crippen molar-refractivity contribution < 1.29 is 4.74 Å². The fourth-order valence-corrected chi connectivity index (χ4v) is 4.39. The SMILES string of the molecule is COC1CC(NC(c2cccs2)c2ccc(Cl)s2)C1. The van der Waals surface area contributed by atoms with Crippen molar-refractivity contribution in [2.24, 2.45) is 0 Å². The average Bonchev–Trinajstić information content (AvgIpc) is 2.99. The number of halogens is 1. The van der Waals surface area contributed by atoms with Crippen molar-refractivity contribution in [2.75, 3.05) is 7.11 Å². The molecule has 1 saturated carbocycles. The van der Waals surface area contributed by atoms with E-state index in [2.05, 4.69) is 28.9 Å². The van der Waals surface area contributed by atoms with Crippen LogP contribution in [0.5, 0.6) is 0 Å². The summed E-state index contributed by atoms with van der Waals surface area (Å²) in [5.74, 6) is 0. The van der Waals surface area contributed by atoms with Crippen LogP contribution in [0.1, 0.15) is 28.6 Å². The molecular formula is C14H16ClNOS2. The van der Waals surface area contributed by atoms with Crippen LogP contribution in [0.25, 0.3) is 0 Å². The Morgan fingerprint density at radius 2 is 2.16 bits per heavy atom. The highest BCUT2D eigenvalue weighted by molar-refractivity contribution is 7.16. The first kappa shape index (κ1) is 13.6. The highest BCUT2D eigenvalue weighted by Gasteiger charge is 2.32. The summed E-state index contributed by atoms with van der Waals surface area (Å²) in [5, 5.41) is 5.85. The molecule has 1 unspecified atom stereocenters. The van der Waals surface area contributed by atoms with E-state index in [1.165, 1.54) is 9.75 Å². The van der Waals surface area contributed by atoms with Crippen molar-refractivity contribution in [1.82, 2.24) is 5.32 Å². The predicted octanol–water partition coefficient (Wildman–Crippen LogP) is 4.32. The van der Waals surface area contributed by atoms with Crippen molar-refractivity contribution in [3.05, 3.63) is 43.7 Å². The third-order valence-electron chi connectivity index (χ3n) is 3.54. The van der Waals surface area contributed by atoms with Gasteiger partial charge in [-0.3, -0.25) is 0 Å². The lowest BCUT2D eigenvalue weighted by atomic mass is 9.88. The van der Waals surface area contributed by atoms with Crippen LogP contribution in [-0.4, -0.2) is 19.3 Å². The molecule has 3 rings (SSSR count). The maximum atomic E-state index is 6.07. The summed E-state index contributed by atoms with van der Waals surface area (Å²) < 4.78 is 6.19. The zero-order valence-electron chi connectivity index (χ0n) is 10.6. The minimum absolute atomic E-state index is 0.264. The molecule has 0 amide bonds. The van der Waals surface area contributed by atoms with Crippen molar-refractivity contribution in [3.8, 4) is 0 Å². The minimum atomic E-state index is 0.264. The van der Waals surface area contributed by atoms with Crippen molar-refractivity contribution >= 4 is 34.3 Å². The molecule has 1 aliphatic rings. The van der Waals surface area contributed by atoms with Crippen LogP contribution < -0.4 is 5.32 Å². The fraction of sp³-hybridized carbons (Fsp3) is 0.429. The van der Waals surface area contributed by atoms with E-state index in [1.807, 2.05) is 6.07 Å². The van der Waals surface area contributed by atoms with E-state index in [0.717, 1.165) is 17.2 Å². The fourth-order valence-electron chi connectivity index (χ4n) is 2.37. The lowest BCUT2D eigenvalue weighted by Gasteiger charge is -2.37. The van der Waals surface area contributed by atoms with E-state index < -0.39 is 0 Å². The van der Waals surface area contributed by atoms with Gasteiger partial charge in [0.25, 0.3) is 0 Å². The maximum Gasteiger partial charge on any atom is 0.0931 e. The molecule has 19 heavy (non-hydrogen) atoms. The molecule has 0 bridgehead atoms. The first-order valence-electron chi connectivity index (χ1n) is 6.33. The zero-order chi connectivity index (χ0) is 13.2. The van der Waals surface area contributed by atoms with Crippen molar-refractivity contribution in [3.63, 3.8) is 0 Å². The summed E-state index contributed by atoms with van der Waals surface area (Å²) in [6.45, 7) is 0. The Morgan fingerprint density at radius 1 is 1.32 bits per heavy atom. The highest BCUT2D eigenvalue weighted by Crippen LogP contribution is 2.35. The largest absolute Gasteiger partial charge is 0.381 e. The number of rotatable bonds is 5. The van der Waals surface area contributed by atoms with Gasteiger partial charge in [0.15, 0.2) is 0 Å². The Kier molecular flexibility index (Phi) is 4.24. The number of thiophene rings is 2. The van der Waals surface area contributed by atoms with Gasteiger partial charge >= 0.3 is 0 Å². The third-order valence-corrected chi connectivity index (χ3v) is 5.77. The molecule has 0 aromatic carbocycles. The number of nitrogens with one attached hydrogen (secondary N) is 1. The van der Waals surface area contributed by atoms with Crippen LogP contribution in [0.4, 0.5) is 0 Å². The van der Waals surface area contributed by atoms with E-state index in [1.54, 1.807) is 29.8 Å². The van der Waals surface area contributed by atoms with Crippen LogP contribution in [0.15, 0.2) is 29.6 Å². The molecule has 0 aliphatic heterocycles. The molecule has 2 nitrogen and oxygen atoms in total. The summed E-state index contributed by atoms with van der Waals surface area (Å²) in [6, 6.07) is 9.18. The Hall–Kier alpha value is -0.390. The van der Waals surface area contributed by atoms with Crippen molar-refractivity contribution in [1.29, 1.82) is 0 Å². The van der Waals surface area contributed by atoms with E-state index in [-0.39, 0.29) is 6.04 Å². The second kappa shape index (κ2) is 5.94. The molecule has 102 valence electrons. The van der Waals surface area contributed by atoms with Crippen LogP contribution in [-0.2, 0) is 4.74 Å². The van der Waals surface area contributed by atoms with Crippen LogP contribution in [0.2, 0.25) is 4.34 Å². The van der Waals surface area contributed by atoms with Crippen LogP contribution in [0.3, 0.4) is 0 Å². The molecule has 1 N–H and O–H groups in total. The first-order valence-corrected chi connectivity index (χ1v) is 8.41. The normalized spacial score (nSPS) is 24.1. The number of hydrogen-bond acceptors (Lipinski definition) is 4. The van der Waals surface area contributed by atoms with Gasteiger partial charge in [-0.1, -0.05) is 17.7 Å². The summed E-state index contributed by atoms with van der Waals surface area (Å²) >= 11 is 9.51. The second-order valence-electron chi connectivity index (χ2n) is 4.78. The van der Waals surface area contributed by atoms with Gasteiger partial charge in [0, 0.05) is 22.9 Å². The summed E-state index contributed by atoms with van der Waals surface area (Å²) in [7, 11) is 1.79. The number of hydrogen-bond donors (Lipinski definition) is 1. The van der Waals surface area contributed by atoms with E-state index in [9.17, 15) is 0 Å². The monoisotopic (exact) mass is 313 g/mol. The molecule has 0 spiro atoms. The Balaban J connectivity index is 1.74. The average molecular weight is 314 g/mol. The third kappa shape index (κ3) is 3.03. The standard InChI is InChI=1S/C14H16ClNOS2/c1-17-10-7-9(8-10)16-14(11-3-2-6-18-11)12-4-5-13(15)19-12/h2-6,9-10,14,16H,7-8H2,1H3. The van der Waals surface area contributed by atoms with Gasteiger partial charge in [0.1, 0.15) is 0 Å². The van der Waals surface area contributed by atoms with Crippen molar-refractivity contribution in [2.45, 2.75) is 31.0 Å². The van der Waals surface area contributed by atoms with E-state index in [4.69, 9.17) is 16.3 Å². The quantitative estimate of drug-likeness (QED) is 0.887. The molecule has 0 saturated heterocycles. The lowest BCUT2D eigenvalue weighted by Crippen LogP contribution is -2.46. The summed E-state index contributed by atoms with van der Waals surface area (Å²) in [6.07, 6.45) is 2.61. The molecule has 2 heterocycles. The topological polar surface area (TPSA) is 21.3 Å². The van der Waals surface area contributed by atoms with Crippen LogP contribution >= 0.6 is 34.3 Å². The predicted molar refractivity (Wildman–Crippen MR) is 82.4 cm³/mol. The number of ether oxygens (including phenoxy) is 1. The Bertz CT molecular complexity index is 519. The zero-order valence-corrected chi connectivity index (χ0v) is 13.0. The van der Waals surface area contributed by atoms with Gasteiger partial charge in [-0.05, 0) is 36.4 Å². The van der Waals surface area contributed by atoms with Gasteiger partial charge in [-0.2, -0.15) is 0 Å².